The summed E-state index contributed by atoms with van der Waals surface area (Å²) >= 11 is 6.39. The Morgan fingerprint density at radius 2 is 1.90 bits per heavy atom. The van der Waals surface area contributed by atoms with Crippen LogP contribution in [0.2, 0.25) is 5.02 Å². The lowest BCUT2D eigenvalue weighted by atomic mass is 9.95. The Hall–Kier alpha value is -2.86. The highest BCUT2D eigenvalue weighted by atomic mass is 35.5. The van der Waals surface area contributed by atoms with Crippen molar-refractivity contribution in [2.24, 2.45) is 10.4 Å². The molecule has 1 aliphatic rings. The van der Waals surface area contributed by atoms with E-state index in [1.54, 1.807) is 17.1 Å². The fourth-order valence-electron chi connectivity index (χ4n) is 2.79. The van der Waals surface area contributed by atoms with Crippen molar-refractivity contribution in [2.45, 2.75) is 48.1 Å². The highest BCUT2D eigenvalue weighted by molar-refractivity contribution is 6.33. The van der Waals surface area contributed by atoms with E-state index in [0.29, 0.717) is 34.5 Å². The Balaban J connectivity index is 0.00000166. The number of amides is 1. The lowest BCUT2D eigenvalue weighted by Crippen LogP contribution is -2.36. The van der Waals surface area contributed by atoms with Crippen LogP contribution >= 0.6 is 11.6 Å². The molecule has 0 unspecified atom stereocenters. The summed E-state index contributed by atoms with van der Waals surface area (Å²) in [4.78, 5) is 16.5. The topological polar surface area (TPSA) is 56.7 Å². The maximum absolute atomic E-state index is 14.3. The zero-order valence-electron chi connectivity index (χ0n) is 18.9. The molecule has 1 aliphatic heterocycles. The minimum absolute atomic E-state index is 0.0434. The van der Waals surface area contributed by atoms with Crippen LogP contribution in [0.1, 0.15) is 51.3 Å². The molecule has 3 rings (SSSR count). The number of amidine groups is 1. The van der Waals surface area contributed by atoms with E-state index in [1.807, 2.05) is 59.7 Å². The molecule has 0 atom stereocenters. The number of carbonyl (C=O) groups excluding carboxylic acids is 1. The van der Waals surface area contributed by atoms with Crippen LogP contribution in [0.3, 0.4) is 0 Å². The summed E-state index contributed by atoms with van der Waals surface area (Å²) < 4.78 is 14.3. The Bertz CT molecular complexity index is 1010. The summed E-state index contributed by atoms with van der Waals surface area (Å²) in [5, 5.41) is 4.99. The maximum Gasteiger partial charge on any atom is 0.225 e. The van der Waals surface area contributed by atoms with Crippen molar-refractivity contribution in [1.82, 2.24) is 10.7 Å². The van der Waals surface area contributed by atoms with Gasteiger partial charge >= 0.3 is 0 Å². The SMILES string of the molecule is C=C1N=C(c2ccc(C)cc2F)NN1c1cc(CNC(=O)C(C)(C)C)ccc1Cl.CC. The summed E-state index contributed by atoms with van der Waals surface area (Å²) in [5.41, 5.74) is 5.25. The number of carbonyl (C=O) groups is 1. The summed E-state index contributed by atoms with van der Waals surface area (Å²) in [5.74, 6) is 0.335. The molecule has 7 heteroatoms. The van der Waals surface area contributed by atoms with Crippen LogP contribution in [0.4, 0.5) is 10.1 Å². The zero-order valence-corrected chi connectivity index (χ0v) is 19.7. The number of halogens is 2. The van der Waals surface area contributed by atoms with Crippen molar-refractivity contribution in [3.8, 4) is 0 Å². The molecule has 1 amide bonds. The molecule has 0 bridgehead atoms. The van der Waals surface area contributed by atoms with E-state index in [1.165, 1.54) is 6.07 Å². The molecular formula is C24H30ClFN4O. The molecular weight excluding hydrogens is 415 g/mol. The van der Waals surface area contributed by atoms with Gasteiger partial charge in [0.05, 0.1) is 16.3 Å². The van der Waals surface area contributed by atoms with Crippen LogP contribution in [0.15, 0.2) is 53.8 Å². The highest BCUT2D eigenvalue weighted by Crippen LogP contribution is 2.31. The number of hydrazine groups is 1. The average Bonchev–Trinajstić information content (AvgIpc) is 3.09. The van der Waals surface area contributed by atoms with Crippen LogP contribution in [-0.4, -0.2) is 11.7 Å². The van der Waals surface area contributed by atoms with Gasteiger partial charge < -0.3 is 5.32 Å². The van der Waals surface area contributed by atoms with E-state index in [-0.39, 0.29) is 11.7 Å². The number of rotatable bonds is 4. The maximum atomic E-state index is 14.3. The third-order valence-corrected chi connectivity index (χ3v) is 4.80. The molecule has 31 heavy (non-hydrogen) atoms. The Labute approximate surface area is 189 Å². The second-order valence-electron chi connectivity index (χ2n) is 8.03. The number of aryl methyl sites for hydroxylation is 1. The van der Waals surface area contributed by atoms with Gasteiger partial charge in [-0.25, -0.2) is 14.4 Å². The van der Waals surface area contributed by atoms with E-state index in [2.05, 4.69) is 22.3 Å². The summed E-state index contributed by atoms with van der Waals surface area (Å²) in [6.45, 7) is 15.7. The molecule has 0 aromatic heterocycles. The van der Waals surface area contributed by atoms with E-state index in [9.17, 15) is 9.18 Å². The fourth-order valence-corrected chi connectivity index (χ4v) is 3.00. The molecule has 5 nitrogen and oxygen atoms in total. The normalized spacial score (nSPS) is 13.2. The van der Waals surface area contributed by atoms with Crippen LogP contribution in [0.5, 0.6) is 0 Å². The van der Waals surface area contributed by atoms with Gasteiger partial charge in [-0.3, -0.25) is 10.2 Å². The predicted octanol–water partition coefficient (Wildman–Crippen LogP) is 5.72. The van der Waals surface area contributed by atoms with Crippen LogP contribution < -0.4 is 15.8 Å². The number of nitrogens with one attached hydrogen (secondary N) is 2. The smallest absolute Gasteiger partial charge is 0.225 e. The van der Waals surface area contributed by atoms with Gasteiger partial charge in [0, 0.05) is 12.0 Å². The monoisotopic (exact) mass is 444 g/mol. The van der Waals surface area contributed by atoms with Gasteiger partial charge in [-0.15, -0.1) is 0 Å². The van der Waals surface area contributed by atoms with Gasteiger partial charge in [0.2, 0.25) is 5.91 Å². The van der Waals surface area contributed by atoms with E-state index < -0.39 is 5.41 Å². The average molecular weight is 445 g/mol. The van der Waals surface area contributed by atoms with Gasteiger partial charge in [0.25, 0.3) is 0 Å². The first-order chi connectivity index (χ1) is 14.6. The molecule has 1 heterocycles. The molecule has 2 N–H and O–H groups in total. The van der Waals surface area contributed by atoms with E-state index >= 15 is 0 Å². The minimum atomic E-state index is -0.471. The molecule has 0 saturated heterocycles. The summed E-state index contributed by atoms with van der Waals surface area (Å²) in [6, 6.07) is 10.4. The van der Waals surface area contributed by atoms with Crippen molar-refractivity contribution in [1.29, 1.82) is 0 Å². The second-order valence-corrected chi connectivity index (χ2v) is 8.43. The standard InChI is InChI=1S/C22H24ClFN4O.C2H6/c1-13-6-8-16(18(24)10-13)20-26-14(2)28(27-20)19-11-15(7-9-17(19)23)12-25-21(29)22(3,4)5;1-2/h6-11H,2,12H2,1,3-5H3,(H,25,29)(H,26,27);1-2H3. The Kier molecular flexibility index (Phi) is 7.85. The quantitative estimate of drug-likeness (QED) is 0.634. The lowest BCUT2D eigenvalue weighted by molar-refractivity contribution is -0.128. The Morgan fingerprint density at radius 3 is 2.52 bits per heavy atom. The first kappa shape index (κ1) is 24.4. The van der Waals surface area contributed by atoms with Crippen molar-refractivity contribution < 1.29 is 9.18 Å². The lowest BCUT2D eigenvalue weighted by Gasteiger charge is -2.22. The third-order valence-electron chi connectivity index (χ3n) is 4.48. The van der Waals surface area contributed by atoms with Crippen LogP contribution in [0.25, 0.3) is 0 Å². The largest absolute Gasteiger partial charge is 0.352 e. The van der Waals surface area contributed by atoms with Crippen molar-refractivity contribution in [3.63, 3.8) is 0 Å². The number of hydrogen-bond donors (Lipinski definition) is 2. The van der Waals surface area contributed by atoms with E-state index in [0.717, 1.165) is 11.1 Å². The number of nitrogens with zero attached hydrogens (tertiary/aromatic N) is 2. The fraction of sp³-hybridized carbons (Fsp3) is 0.333. The molecule has 0 spiro atoms. The minimum Gasteiger partial charge on any atom is -0.352 e. The number of hydrogen-bond acceptors (Lipinski definition) is 4. The molecule has 0 aliphatic carbocycles. The predicted molar refractivity (Wildman–Crippen MR) is 127 cm³/mol. The Morgan fingerprint density at radius 1 is 1.23 bits per heavy atom. The van der Waals surface area contributed by atoms with Crippen LogP contribution in [0, 0.1) is 18.2 Å². The van der Waals surface area contributed by atoms with Crippen LogP contribution in [-0.2, 0) is 11.3 Å². The first-order valence-electron chi connectivity index (χ1n) is 10.2. The molecule has 0 saturated carbocycles. The van der Waals surface area contributed by atoms with Crippen molar-refractivity contribution >= 4 is 29.0 Å². The first-order valence-corrected chi connectivity index (χ1v) is 10.6. The van der Waals surface area contributed by atoms with Gasteiger partial charge in [-0.05, 0) is 42.3 Å². The molecule has 2 aromatic rings. The summed E-state index contributed by atoms with van der Waals surface area (Å²) in [7, 11) is 0. The van der Waals surface area contributed by atoms with Gasteiger partial charge in [-0.1, -0.05) is 64.9 Å². The van der Waals surface area contributed by atoms with Gasteiger partial charge in [0.1, 0.15) is 11.6 Å². The van der Waals surface area contributed by atoms with E-state index in [4.69, 9.17) is 11.6 Å². The number of anilines is 1. The molecule has 166 valence electrons. The molecule has 0 radical (unpaired) electrons. The highest BCUT2D eigenvalue weighted by Gasteiger charge is 2.25. The number of aliphatic imine (C=N–C) groups is 1. The summed E-state index contributed by atoms with van der Waals surface area (Å²) in [6.07, 6.45) is 0. The number of benzene rings is 2. The molecule has 0 fully saturated rings. The van der Waals surface area contributed by atoms with Gasteiger partial charge in [0.15, 0.2) is 5.84 Å². The van der Waals surface area contributed by atoms with Gasteiger partial charge in [-0.2, -0.15) is 0 Å². The molecule has 2 aromatic carbocycles. The zero-order chi connectivity index (χ0) is 23.3. The third kappa shape index (κ3) is 5.85. The van der Waals surface area contributed by atoms with Crippen molar-refractivity contribution in [3.05, 3.63) is 76.3 Å². The second kappa shape index (κ2) is 9.96. The van der Waals surface area contributed by atoms with Crippen molar-refractivity contribution in [2.75, 3.05) is 5.01 Å².